The highest BCUT2D eigenvalue weighted by Gasteiger charge is 2.10. The molecule has 5 aromatic rings. The average Bonchev–Trinajstić information content (AvgIpc) is 2.94. The van der Waals surface area contributed by atoms with Crippen LogP contribution in [0.15, 0.2) is 96.0 Å². The molecule has 0 unspecified atom stereocenters. The average molecular weight is 549 g/mol. The van der Waals surface area contributed by atoms with E-state index in [1.54, 1.807) is 54.6 Å². The Hall–Kier alpha value is -6.24. The number of urea groups is 1. The summed E-state index contributed by atoms with van der Waals surface area (Å²) in [6.45, 7) is 0. The standard InChI is InChI=1S/C28H24N10O3/c29-26(30)37-27(31)33-17-7-11-19(12-8-17)35-28(39)34-18-9-5-16(6-10-18)32-25-21-3-1-2-4-23(21)36-24-15-20(38(40)41)13-14-22(24)25/h1-15H,(H,32,36)(H2,34,35,39)(H6,29,30,31,33,37). The maximum Gasteiger partial charge on any atom is 0.323 e. The zero-order chi connectivity index (χ0) is 28.9. The summed E-state index contributed by atoms with van der Waals surface area (Å²) in [5, 5.41) is 38.9. The number of hydrogen-bond donors (Lipinski definition) is 8. The van der Waals surface area contributed by atoms with Crippen molar-refractivity contribution in [1.29, 1.82) is 10.8 Å². The molecule has 1 heterocycles. The van der Waals surface area contributed by atoms with Crippen molar-refractivity contribution in [2.45, 2.75) is 0 Å². The maximum absolute atomic E-state index is 12.5. The Morgan fingerprint density at radius 2 is 1.39 bits per heavy atom. The van der Waals surface area contributed by atoms with Crippen LogP contribution in [0.25, 0.3) is 21.8 Å². The molecule has 13 nitrogen and oxygen atoms in total. The van der Waals surface area contributed by atoms with Gasteiger partial charge in [0.05, 0.1) is 21.5 Å². The van der Waals surface area contributed by atoms with E-state index in [0.717, 1.165) is 16.3 Å². The quantitative estimate of drug-likeness (QED) is 0.0501. The van der Waals surface area contributed by atoms with Gasteiger partial charge in [0, 0.05) is 45.5 Å². The maximum atomic E-state index is 12.5. The molecule has 1 aromatic heterocycles. The molecule has 5 rings (SSSR count). The van der Waals surface area contributed by atoms with Crippen LogP contribution in [0.2, 0.25) is 0 Å². The van der Waals surface area contributed by atoms with Crippen molar-refractivity contribution in [2.75, 3.05) is 16.0 Å². The van der Waals surface area contributed by atoms with Crippen LogP contribution in [0.4, 0.5) is 33.2 Å². The number of nitrogens with two attached hydrogens (primary N) is 1. The van der Waals surface area contributed by atoms with Gasteiger partial charge in [-0.2, -0.15) is 0 Å². The number of amides is 2. The Labute approximate surface area is 232 Å². The molecule has 0 bridgehead atoms. The number of anilines is 3. The Balaban J connectivity index is 1.32. The molecule has 9 N–H and O–H groups in total. The topological polar surface area (TPSA) is 210 Å². The largest absolute Gasteiger partial charge is 0.370 e. The van der Waals surface area contributed by atoms with E-state index in [9.17, 15) is 14.9 Å². The fourth-order valence-electron chi connectivity index (χ4n) is 4.15. The molecular weight excluding hydrogens is 524 g/mol. The summed E-state index contributed by atoms with van der Waals surface area (Å²) < 4.78 is 0. The minimum atomic E-state index is -0.446. The number of pyridine rings is 1. The fourth-order valence-corrected chi connectivity index (χ4v) is 4.15. The second kappa shape index (κ2) is 11.2. The van der Waals surface area contributed by atoms with Gasteiger partial charge in [0.2, 0.25) is 0 Å². The first-order valence-electron chi connectivity index (χ1n) is 12.2. The van der Waals surface area contributed by atoms with E-state index in [1.165, 1.54) is 12.1 Å². The molecule has 0 aliphatic rings. The van der Waals surface area contributed by atoms with Crippen molar-refractivity contribution < 1.29 is 9.72 Å². The first-order chi connectivity index (χ1) is 19.7. The number of aromatic amines is 1. The smallest absolute Gasteiger partial charge is 0.323 e. The lowest BCUT2D eigenvalue weighted by atomic mass is 10.1. The summed E-state index contributed by atoms with van der Waals surface area (Å²) in [5.41, 5.74) is 8.87. The van der Waals surface area contributed by atoms with E-state index >= 15 is 0 Å². The predicted molar refractivity (Wildman–Crippen MR) is 160 cm³/mol. The van der Waals surface area contributed by atoms with Crippen LogP contribution in [0, 0.1) is 20.9 Å². The Morgan fingerprint density at radius 1 is 0.805 bits per heavy atom. The number of non-ortho nitro benzene ring substituents is 1. The number of nitrogens with zero attached hydrogens (tertiary/aromatic N) is 2. The number of nitrogens with one attached hydrogen (secondary N) is 7. The van der Waals surface area contributed by atoms with E-state index in [0.29, 0.717) is 33.6 Å². The summed E-state index contributed by atoms with van der Waals surface area (Å²) in [6.07, 6.45) is 0. The molecule has 41 heavy (non-hydrogen) atoms. The molecule has 0 saturated heterocycles. The van der Waals surface area contributed by atoms with Gasteiger partial charge in [-0.15, -0.1) is 0 Å². The fraction of sp³-hybridized carbons (Fsp3) is 0. The Bertz CT molecular complexity index is 1880. The number of benzene rings is 4. The number of hydrogen-bond acceptors (Lipinski definition) is 6. The summed E-state index contributed by atoms with van der Waals surface area (Å²) >= 11 is 0. The predicted octanol–water partition coefficient (Wildman–Crippen LogP) is 4.94. The molecule has 13 heteroatoms. The molecule has 0 radical (unpaired) electrons. The van der Waals surface area contributed by atoms with E-state index in [4.69, 9.17) is 21.5 Å². The van der Waals surface area contributed by atoms with Crippen molar-refractivity contribution in [2.24, 2.45) is 10.7 Å². The van der Waals surface area contributed by atoms with Crippen molar-refractivity contribution in [1.82, 2.24) is 10.3 Å². The zero-order valence-electron chi connectivity index (χ0n) is 21.4. The summed E-state index contributed by atoms with van der Waals surface area (Å²) in [5.74, 6) is -0.504. The van der Waals surface area contributed by atoms with Crippen LogP contribution in [-0.2, 0) is 0 Å². The number of nitro groups is 1. The zero-order valence-corrected chi connectivity index (χ0v) is 21.4. The molecule has 0 atom stereocenters. The number of rotatable bonds is 5. The first-order valence-corrected chi connectivity index (χ1v) is 12.2. The SMILES string of the molecule is N=C(N)NC(=N)Nc1ccc(NC(=O)Nc2ccc(N=c3c4ccccc4[nH]c4cc([N+](=O)[O-])ccc34)cc2)cc1. The van der Waals surface area contributed by atoms with E-state index in [-0.39, 0.29) is 17.6 Å². The van der Waals surface area contributed by atoms with Gasteiger partial charge in [-0.25, -0.2) is 9.79 Å². The molecule has 0 spiro atoms. The van der Waals surface area contributed by atoms with Crippen LogP contribution in [-0.4, -0.2) is 27.9 Å². The van der Waals surface area contributed by atoms with Crippen LogP contribution in [0.3, 0.4) is 0 Å². The lowest BCUT2D eigenvalue weighted by molar-refractivity contribution is -0.384. The molecule has 0 aliphatic heterocycles. The lowest BCUT2D eigenvalue weighted by Gasteiger charge is -2.11. The second-order valence-electron chi connectivity index (χ2n) is 8.86. The Morgan fingerprint density at radius 3 is 2.02 bits per heavy atom. The molecule has 4 aromatic carbocycles. The number of H-pyrrole nitrogens is 1. The normalized spacial score (nSPS) is 11.2. The molecule has 204 valence electrons. The van der Waals surface area contributed by atoms with E-state index in [2.05, 4.69) is 26.3 Å². The van der Waals surface area contributed by atoms with Crippen LogP contribution in [0.5, 0.6) is 0 Å². The van der Waals surface area contributed by atoms with Crippen LogP contribution >= 0.6 is 0 Å². The van der Waals surface area contributed by atoms with Gasteiger partial charge in [-0.1, -0.05) is 18.2 Å². The van der Waals surface area contributed by atoms with Gasteiger partial charge >= 0.3 is 6.03 Å². The van der Waals surface area contributed by atoms with Gasteiger partial charge in [0.15, 0.2) is 11.9 Å². The molecule has 0 fully saturated rings. The number of para-hydroxylation sites is 1. The third-order valence-corrected chi connectivity index (χ3v) is 5.96. The molecule has 2 amide bonds. The van der Waals surface area contributed by atoms with Gasteiger partial charge in [-0.3, -0.25) is 26.2 Å². The lowest BCUT2D eigenvalue weighted by Crippen LogP contribution is -2.39. The van der Waals surface area contributed by atoms with Gasteiger partial charge in [0.25, 0.3) is 5.69 Å². The first kappa shape index (κ1) is 26.4. The van der Waals surface area contributed by atoms with Crippen LogP contribution in [0.1, 0.15) is 0 Å². The van der Waals surface area contributed by atoms with E-state index < -0.39 is 11.0 Å². The number of aromatic nitrogens is 1. The number of fused-ring (bicyclic) bond motifs is 2. The van der Waals surface area contributed by atoms with Crippen LogP contribution < -0.4 is 32.4 Å². The van der Waals surface area contributed by atoms with Crippen molar-refractivity contribution >= 4 is 68.2 Å². The minimum absolute atomic E-state index is 0.0150. The molecular formula is C28H24N10O3. The van der Waals surface area contributed by atoms with Gasteiger partial charge in [-0.05, 0) is 60.7 Å². The highest BCUT2D eigenvalue weighted by atomic mass is 16.6. The van der Waals surface area contributed by atoms with Crippen molar-refractivity contribution in [3.63, 3.8) is 0 Å². The number of carbonyl (C=O) groups excluding carboxylic acids is 1. The van der Waals surface area contributed by atoms with Gasteiger partial charge < -0.3 is 26.7 Å². The monoisotopic (exact) mass is 548 g/mol. The highest BCUT2D eigenvalue weighted by molar-refractivity contribution is 6.03. The number of carbonyl (C=O) groups is 1. The summed E-state index contributed by atoms with van der Waals surface area (Å²) in [7, 11) is 0. The van der Waals surface area contributed by atoms with E-state index in [1.807, 2.05) is 24.3 Å². The Kier molecular flexibility index (Phi) is 7.23. The van der Waals surface area contributed by atoms with Crippen molar-refractivity contribution in [3.05, 3.63) is 106 Å². The number of guanidine groups is 2. The summed E-state index contributed by atoms with van der Waals surface area (Å²) in [4.78, 5) is 31.5. The molecule has 0 aliphatic carbocycles. The highest BCUT2D eigenvalue weighted by Crippen LogP contribution is 2.22. The molecule has 0 saturated carbocycles. The minimum Gasteiger partial charge on any atom is -0.370 e. The van der Waals surface area contributed by atoms with Gasteiger partial charge in [0.1, 0.15) is 0 Å². The third-order valence-electron chi connectivity index (χ3n) is 5.96. The number of nitro benzene ring substituents is 1. The second-order valence-corrected chi connectivity index (χ2v) is 8.86. The van der Waals surface area contributed by atoms with Crippen molar-refractivity contribution in [3.8, 4) is 0 Å². The summed E-state index contributed by atoms with van der Waals surface area (Å²) in [6, 6.07) is 25.4. The third kappa shape index (κ3) is 6.26.